The van der Waals surface area contributed by atoms with Crippen molar-refractivity contribution in [2.45, 2.75) is 31.9 Å². The molecule has 2 aromatic carbocycles. The van der Waals surface area contributed by atoms with Crippen molar-refractivity contribution >= 4 is 45.7 Å². The second-order valence-electron chi connectivity index (χ2n) is 6.75. The number of ether oxygens (including phenoxy) is 1. The molecule has 0 radical (unpaired) electrons. The van der Waals surface area contributed by atoms with Gasteiger partial charge in [-0.05, 0) is 55.8 Å². The lowest BCUT2D eigenvalue weighted by atomic mass is 10.2. The zero-order valence-electron chi connectivity index (χ0n) is 17.4. The SMILES string of the molecule is CCOC(=O)CC1=CC(S[C@@H](CC)C(=O)Nc2ccc(F)cc2)=Nc2ccccc2N1. The Labute approximate surface area is 185 Å². The summed E-state index contributed by atoms with van der Waals surface area (Å²) in [6.45, 7) is 3.98. The second kappa shape index (κ2) is 10.8. The zero-order valence-corrected chi connectivity index (χ0v) is 18.2. The number of benzene rings is 2. The molecule has 0 unspecified atom stereocenters. The molecule has 0 saturated heterocycles. The molecule has 0 spiro atoms. The number of esters is 1. The lowest BCUT2D eigenvalue weighted by Crippen LogP contribution is -2.25. The third-order valence-electron chi connectivity index (χ3n) is 4.41. The number of amides is 1. The fourth-order valence-corrected chi connectivity index (χ4v) is 3.92. The van der Waals surface area contributed by atoms with E-state index in [1.807, 2.05) is 31.2 Å². The Hall–Kier alpha value is -3.13. The Morgan fingerprint density at radius 3 is 2.61 bits per heavy atom. The molecule has 3 rings (SSSR count). The van der Waals surface area contributed by atoms with Gasteiger partial charge in [-0.25, -0.2) is 9.38 Å². The molecular weight excluding hydrogens is 417 g/mol. The molecule has 0 bridgehead atoms. The van der Waals surface area contributed by atoms with Crippen molar-refractivity contribution in [1.82, 2.24) is 0 Å². The predicted molar refractivity (Wildman–Crippen MR) is 123 cm³/mol. The number of fused-ring (bicyclic) bond motifs is 1. The Bertz CT molecular complexity index is 1010. The number of thioether (sulfide) groups is 1. The minimum absolute atomic E-state index is 0.0698. The number of rotatable bonds is 7. The van der Waals surface area contributed by atoms with Crippen LogP contribution in [0.15, 0.2) is 65.3 Å². The molecule has 0 aliphatic carbocycles. The zero-order chi connectivity index (χ0) is 22.2. The lowest BCUT2D eigenvalue weighted by molar-refractivity contribution is -0.142. The molecule has 1 atom stereocenters. The van der Waals surface area contributed by atoms with Gasteiger partial charge in [0, 0.05) is 11.4 Å². The van der Waals surface area contributed by atoms with Crippen LogP contribution in [-0.4, -0.2) is 28.8 Å². The Kier molecular flexibility index (Phi) is 7.83. The Balaban J connectivity index is 1.80. The summed E-state index contributed by atoms with van der Waals surface area (Å²) in [5.74, 6) is -0.906. The van der Waals surface area contributed by atoms with Crippen molar-refractivity contribution in [3.63, 3.8) is 0 Å². The van der Waals surface area contributed by atoms with E-state index in [9.17, 15) is 14.0 Å². The summed E-state index contributed by atoms with van der Waals surface area (Å²) in [5.41, 5.74) is 2.66. The smallest absolute Gasteiger partial charge is 0.311 e. The highest BCUT2D eigenvalue weighted by Gasteiger charge is 2.22. The van der Waals surface area contributed by atoms with Crippen molar-refractivity contribution in [1.29, 1.82) is 0 Å². The van der Waals surface area contributed by atoms with Gasteiger partial charge in [0.05, 0.1) is 34.7 Å². The topological polar surface area (TPSA) is 79.8 Å². The van der Waals surface area contributed by atoms with Crippen LogP contribution in [0.2, 0.25) is 0 Å². The van der Waals surface area contributed by atoms with Crippen LogP contribution in [0.3, 0.4) is 0 Å². The van der Waals surface area contributed by atoms with Gasteiger partial charge in [-0.3, -0.25) is 9.59 Å². The Morgan fingerprint density at radius 2 is 1.90 bits per heavy atom. The summed E-state index contributed by atoms with van der Waals surface area (Å²) in [6, 6.07) is 13.1. The van der Waals surface area contributed by atoms with Gasteiger partial charge in [0.25, 0.3) is 0 Å². The average molecular weight is 442 g/mol. The Morgan fingerprint density at radius 1 is 1.16 bits per heavy atom. The van der Waals surface area contributed by atoms with E-state index in [1.54, 1.807) is 13.0 Å². The van der Waals surface area contributed by atoms with Crippen LogP contribution < -0.4 is 10.6 Å². The molecule has 162 valence electrons. The van der Waals surface area contributed by atoms with E-state index in [1.165, 1.54) is 36.0 Å². The highest BCUT2D eigenvalue weighted by atomic mass is 32.2. The molecule has 0 aromatic heterocycles. The van der Waals surface area contributed by atoms with Crippen molar-refractivity contribution in [2.24, 2.45) is 4.99 Å². The van der Waals surface area contributed by atoms with Crippen LogP contribution in [0, 0.1) is 5.82 Å². The van der Waals surface area contributed by atoms with E-state index in [2.05, 4.69) is 10.6 Å². The number of aliphatic imine (C=N–C) groups is 1. The van der Waals surface area contributed by atoms with Crippen molar-refractivity contribution in [2.75, 3.05) is 17.2 Å². The van der Waals surface area contributed by atoms with E-state index in [4.69, 9.17) is 9.73 Å². The summed E-state index contributed by atoms with van der Waals surface area (Å²) < 4.78 is 18.2. The van der Waals surface area contributed by atoms with Crippen LogP contribution in [0.4, 0.5) is 21.5 Å². The van der Waals surface area contributed by atoms with Crippen molar-refractivity contribution in [3.8, 4) is 0 Å². The highest BCUT2D eigenvalue weighted by Crippen LogP contribution is 2.32. The van der Waals surface area contributed by atoms with Crippen LogP contribution >= 0.6 is 11.8 Å². The molecule has 1 aliphatic heterocycles. The van der Waals surface area contributed by atoms with Crippen LogP contribution in [0.5, 0.6) is 0 Å². The van der Waals surface area contributed by atoms with Crippen LogP contribution in [-0.2, 0) is 14.3 Å². The fourth-order valence-electron chi connectivity index (χ4n) is 2.93. The van der Waals surface area contributed by atoms with Gasteiger partial charge in [-0.1, -0.05) is 30.8 Å². The summed E-state index contributed by atoms with van der Waals surface area (Å²) in [4.78, 5) is 29.5. The number of halogens is 1. The molecule has 31 heavy (non-hydrogen) atoms. The maximum Gasteiger partial charge on any atom is 0.311 e. The van der Waals surface area contributed by atoms with Gasteiger partial charge in [-0.15, -0.1) is 0 Å². The molecule has 2 N–H and O–H groups in total. The van der Waals surface area contributed by atoms with E-state index in [0.717, 1.165) is 5.69 Å². The molecule has 1 heterocycles. The van der Waals surface area contributed by atoms with Gasteiger partial charge >= 0.3 is 5.97 Å². The van der Waals surface area contributed by atoms with E-state index < -0.39 is 5.25 Å². The summed E-state index contributed by atoms with van der Waals surface area (Å²) in [6.07, 6.45) is 2.41. The van der Waals surface area contributed by atoms with E-state index in [0.29, 0.717) is 35.1 Å². The molecule has 1 aliphatic rings. The molecular formula is C23H24FN3O3S. The van der Waals surface area contributed by atoms with Crippen LogP contribution in [0.25, 0.3) is 0 Å². The summed E-state index contributed by atoms with van der Waals surface area (Å²) >= 11 is 1.31. The highest BCUT2D eigenvalue weighted by molar-refractivity contribution is 8.15. The number of para-hydroxylation sites is 2. The van der Waals surface area contributed by atoms with Crippen LogP contribution in [0.1, 0.15) is 26.7 Å². The molecule has 6 nitrogen and oxygen atoms in total. The maximum absolute atomic E-state index is 13.1. The first-order valence-electron chi connectivity index (χ1n) is 10.0. The normalized spacial score (nSPS) is 13.6. The third-order valence-corrected chi connectivity index (χ3v) is 5.69. The van der Waals surface area contributed by atoms with Gasteiger partial charge < -0.3 is 15.4 Å². The molecule has 8 heteroatoms. The number of hydrogen-bond acceptors (Lipinski definition) is 6. The first-order valence-corrected chi connectivity index (χ1v) is 10.9. The first-order chi connectivity index (χ1) is 15.0. The second-order valence-corrected chi connectivity index (χ2v) is 7.98. The third kappa shape index (κ3) is 6.42. The largest absolute Gasteiger partial charge is 0.466 e. The maximum atomic E-state index is 13.1. The molecule has 1 amide bonds. The van der Waals surface area contributed by atoms with Crippen molar-refractivity contribution < 1.29 is 18.7 Å². The number of anilines is 2. The number of nitrogens with one attached hydrogen (secondary N) is 2. The monoisotopic (exact) mass is 441 g/mol. The number of hydrogen-bond donors (Lipinski definition) is 2. The van der Waals surface area contributed by atoms with Gasteiger partial charge in [-0.2, -0.15) is 0 Å². The molecule has 0 saturated carbocycles. The standard InChI is InChI=1S/C23H24FN3O3S/c1-3-20(23(29)26-16-11-9-15(24)10-12-16)31-21-13-17(14-22(28)30-4-2)25-18-7-5-6-8-19(18)27-21/h5-13,20,25H,3-4,14H2,1-2H3,(H,26,29)/t20-/m0/s1. The fraction of sp³-hybridized carbons (Fsp3) is 0.261. The first kappa shape index (κ1) is 22.6. The van der Waals surface area contributed by atoms with E-state index >= 15 is 0 Å². The minimum atomic E-state index is -0.422. The van der Waals surface area contributed by atoms with Gasteiger partial charge in [0.1, 0.15) is 5.82 Å². The van der Waals surface area contributed by atoms with Crippen molar-refractivity contribution in [3.05, 3.63) is 66.1 Å². The lowest BCUT2D eigenvalue weighted by Gasteiger charge is -2.15. The summed E-state index contributed by atoms with van der Waals surface area (Å²) in [5, 5.41) is 6.24. The van der Waals surface area contributed by atoms with E-state index in [-0.39, 0.29) is 24.1 Å². The average Bonchev–Trinajstić information content (AvgIpc) is 2.92. The predicted octanol–water partition coefficient (Wildman–Crippen LogP) is 5.27. The van der Waals surface area contributed by atoms with Gasteiger partial charge in [0.15, 0.2) is 0 Å². The number of carbonyl (C=O) groups is 2. The number of nitrogens with zero attached hydrogens (tertiary/aromatic N) is 1. The number of carbonyl (C=O) groups excluding carboxylic acids is 2. The van der Waals surface area contributed by atoms with Gasteiger partial charge in [0.2, 0.25) is 5.91 Å². The quantitative estimate of drug-likeness (QED) is 0.572. The summed E-state index contributed by atoms with van der Waals surface area (Å²) in [7, 11) is 0. The minimum Gasteiger partial charge on any atom is -0.466 e. The molecule has 2 aromatic rings. The molecule has 0 fully saturated rings.